The molecular formula is C12H13N3O2. The van der Waals surface area contributed by atoms with Gasteiger partial charge in [0.25, 0.3) is 5.82 Å². The highest BCUT2D eigenvalue weighted by Gasteiger charge is 1.89. The first kappa shape index (κ1) is 12.5. The zero-order valence-corrected chi connectivity index (χ0v) is 9.09. The fraction of sp³-hybridized carbons (Fsp3) is 0. The summed E-state index contributed by atoms with van der Waals surface area (Å²) in [4.78, 5) is 13.0. The van der Waals surface area contributed by atoms with Crippen molar-refractivity contribution in [3.63, 3.8) is 0 Å². The monoisotopic (exact) mass is 231 g/mol. The molecule has 2 rings (SSSR count). The molecule has 0 aliphatic carbocycles. The molecule has 0 aliphatic rings. The third kappa shape index (κ3) is 4.65. The molecule has 0 radical (unpaired) electrons. The van der Waals surface area contributed by atoms with Gasteiger partial charge in [0.2, 0.25) is 0 Å². The maximum Gasteiger partial charge on any atom is 0.269 e. The van der Waals surface area contributed by atoms with Gasteiger partial charge in [0.15, 0.2) is 0 Å². The highest BCUT2D eigenvalue weighted by atomic mass is 16.4. The van der Waals surface area contributed by atoms with E-state index in [1.807, 2.05) is 12.1 Å². The SMILES string of the molecule is Nc1ccc(C(=O)[O-])cc1.Nc1cccc[nH+]1. The fourth-order valence-corrected chi connectivity index (χ4v) is 1.03. The highest BCUT2D eigenvalue weighted by Crippen LogP contribution is 2.03. The van der Waals surface area contributed by atoms with Crippen LogP contribution in [0.3, 0.4) is 0 Å². The number of nitrogens with one attached hydrogen (secondary N) is 1. The number of nitrogens with two attached hydrogens (primary N) is 2. The van der Waals surface area contributed by atoms with E-state index in [0.29, 0.717) is 11.5 Å². The van der Waals surface area contributed by atoms with Gasteiger partial charge in [-0.05, 0) is 23.8 Å². The second kappa shape index (κ2) is 6.12. The maximum absolute atomic E-state index is 10.2. The van der Waals surface area contributed by atoms with Crippen molar-refractivity contribution in [1.82, 2.24) is 0 Å². The van der Waals surface area contributed by atoms with Crippen molar-refractivity contribution >= 4 is 17.5 Å². The summed E-state index contributed by atoms with van der Waals surface area (Å²) in [5.41, 5.74) is 11.3. The van der Waals surface area contributed by atoms with E-state index in [4.69, 9.17) is 11.5 Å². The molecule has 0 spiro atoms. The minimum atomic E-state index is -1.18. The van der Waals surface area contributed by atoms with Gasteiger partial charge < -0.3 is 15.6 Å². The minimum absolute atomic E-state index is 0.147. The van der Waals surface area contributed by atoms with Crippen molar-refractivity contribution in [2.45, 2.75) is 0 Å². The summed E-state index contributed by atoms with van der Waals surface area (Å²) in [6.45, 7) is 0. The Balaban J connectivity index is 0.000000181. The summed E-state index contributed by atoms with van der Waals surface area (Å²) in [5, 5.41) is 10.2. The van der Waals surface area contributed by atoms with Gasteiger partial charge in [0.05, 0.1) is 12.2 Å². The summed E-state index contributed by atoms with van der Waals surface area (Å²) in [6.07, 6.45) is 1.79. The van der Waals surface area contributed by atoms with Gasteiger partial charge in [-0.2, -0.15) is 0 Å². The van der Waals surface area contributed by atoms with Crippen LogP contribution in [0.2, 0.25) is 0 Å². The number of aromatic nitrogens is 1. The number of aromatic carboxylic acids is 1. The van der Waals surface area contributed by atoms with Crippen molar-refractivity contribution in [3.8, 4) is 0 Å². The maximum atomic E-state index is 10.2. The van der Waals surface area contributed by atoms with E-state index in [1.54, 1.807) is 12.3 Å². The molecule has 0 unspecified atom stereocenters. The Kier molecular flexibility index (Phi) is 4.50. The number of hydrogen-bond donors (Lipinski definition) is 2. The number of carbonyl (C=O) groups excluding carboxylic acids is 1. The van der Waals surface area contributed by atoms with Crippen LogP contribution in [-0.2, 0) is 0 Å². The Hall–Kier alpha value is -2.56. The molecule has 1 aromatic heterocycles. The Morgan fingerprint density at radius 1 is 1.06 bits per heavy atom. The third-order valence-corrected chi connectivity index (χ3v) is 1.88. The molecule has 5 nitrogen and oxygen atoms in total. The Morgan fingerprint density at radius 2 is 1.71 bits per heavy atom. The van der Waals surface area contributed by atoms with E-state index in [0.717, 1.165) is 0 Å². The van der Waals surface area contributed by atoms with Gasteiger partial charge in [-0.3, -0.25) is 5.73 Å². The van der Waals surface area contributed by atoms with Gasteiger partial charge in [0.1, 0.15) is 0 Å². The summed E-state index contributed by atoms with van der Waals surface area (Å²) >= 11 is 0. The van der Waals surface area contributed by atoms with Crippen LogP contribution >= 0.6 is 0 Å². The van der Waals surface area contributed by atoms with Crippen LogP contribution in [0.25, 0.3) is 0 Å². The molecule has 2 aromatic rings. The number of rotatable bonds is 1. The fourth-order valence-electron chi connectivity index (χ4n) is 1.03. The second-order valence-corrected chi connectivity index (χ2v) is 3.23. The van der Waals surface area contributed by atoms with Crippen LogP contribution in [-0.4, -0.2) is 5.97 Å². The third-order valence-electron chi connectivity index (χ3n) is 1.88. The molecule has 0 aliphatic heterocycles. The molecular weight excluding hydrogens is 218 g/mol. The van der Waals surface area contributed by atoms with Gasteiger partial charge in [0, 0.05) is 11.8 Å². The molecule has 1 aromatic carbocycles. The molecule has 0 bridgehead atoms. The van der Waals surface area contributed by atoms with Crippen molar-refractivity contribution < 1.29 is 14.9 Å². The van der Waals surface area contributed by atoms with Crippen LogP contribution < -0.4 is 21.6 Å². The van der Waals surface area contributed by atoms with Crippen molar-refractivity contribution in [2.24, 2.45) is 0 Å². The van der Waals surface area contributed by atoms with E-state index in [9.17, 15) is 9.90 Å². The normalized spacial score (nSPS) is 8.94. The van der Waals surface area contributed by atoms with Crippen molar-refractivity contribution in [3.05, 3.63) is 54.2 Å². The number of carboxylic acid groups (broad SMARTS) is 1. The topological polar surface area (TPSA) is 106 Å². The van der Waals surface area contributed by atoms with Gasteiger partial charge in [-0.25, -0.2) is 4.98 Å². The summed E-state index contributed by atoms with van der Waals surface area (Å²) in [6, 6.07) is 11.4. The van der Waals surface area contributed by atoms with Gasteiger partial charge in [-0.15, -0.1) is 0 Å². The Labute approximate surface area is 98.7 Å². The van der Waals surface area contributed by atoms with E-state index < -0.39 is 5.97 Å². The zero-order chi connectivity index (χ0) is 12.7. The smallest absolute Gasteiger partial charge is 0.269 e. The summed E-state index contributed by atoms with van der Waals surface area (Å²) in [7, 11) is 0. The number of hydrogen-bond acceptors (Lipinski definition) is 4. The number of H-pyrrole nitrogens is 1. The van der Waals surface area contributed by atoms with E-state index in [1.165, 1.54) is 24.3 Å². The van der Waals surface area contributed by atoms with Crippen LogP contribution in [0.5, 0.6) is 0 Å². The van der Waals surface area contributed by atoms with Crippen LogP contribution in [0.1, 0.15) is 10.4 Å². The average molecular weight is 231 g/mol. The number of carbonyl (C=O) groups is 1. The molecule has 0 saturated heterocycles. The zero-order valence-electron chi connectivity index (χ0n) is 9.09. The first-order valence-corrected chi connectivity index (χ1v) is 4.88. The summed E-state index contributed by atoms with van der Waals surface area (Å²) < 4.78 is 0. The molecule has 17 heavy (non-hydrogen) atoms. The largest absolute Gasteiger partial charge is 0.545 e. The predicted molar refractivity (Wildman–Crippen MR) is 62.6 cm³/mol. The second-order valence-electron chi connectivity index (χ2n) is 3.23. The highest BCUT2D eigenvalue weighted by molar-refractivity contribution is 5.86. The molecule has 88 valence electrons. The van der Waals surface area contributed by atoms with E-state index >= 15 is 0 Å². The lowest BCUT2D eigenvalue weighted by atomic mass is 10.2. The molecule has 0 amide bonds. The van der Waals surface area contributed by atoms with E-state index in [-0.39, 0.29) is 5.56 Å². The molecule has 0 atom stereocenters. The van der Waals surface area contributed by atoms with E-state index in [2.05, 4.69) is 4.98 Å². The number of nitrogen functional groups attached to an aromatic ring is 2. The lowest BCUT2D eigenvalue weighted by molar-refractivity contribution is -0.360. The number of pyridine rings is 1. The number of carboxylic acids is 1. The summed E-state index contributed by atoms with van der Waals surface area (Å²) in [5.74, 6) is -0.484. The Morgan fingerprint density at radius 3 is 2.06 bits per heavy atom. The van der Waals surface area contributed by atoms with Crippen molar-refractivity contribution in [1.29, 1.82) is 0 Å². The van der Waals surface area contributed by atoms with Crippen LogP contribution in [0.15, 0.2) is 48.7 Å². The first-order valence-electron chi connectivity index (χ1n) is 4.88. The Bertz CT molecular complexity index is 469. The molecule has 0 saturated carbocycles. The van der Waals surface area contributed by atoms with Crippen LogP contribution in [0.4, 0.5) is 11.5 Å². The first-order chi connectivity index (χ1) is 8.09. The van der Waals surface area contributed by atoms with Crippen molar-refractivity contribution in [2.75, 3.05) is 11.5 Å². The standard InChI is InChI=1S/C7H7NO2.C5H6N2/c8-6-3-1-5(2-4-6)7(9)10;6-5-3-1-2-4-7-5/h1-4H,8H2,(H,9,10);1-4H,(H2,6,7). The average Bonchev–Trinajstić information content (AvgIpc) is 2.31. The number of anilines is 2. The lowest BCUT2D eigenvalue weighted by Crippen LogP contribution is -2.21. The molecule has 5 heteroatoms. The predicted octanol–water partition coefficient (Wildman–Crippen LogP) is -0.285. The lowest BCUT2D eigenvalue weighted by Gasteiger charge is -2.00. The molecule has 0 fully saturated rings. The van der Waals surface area contributed by atoms with Gasteiger partial charge in [-0.1, -0.05) is 18.2 Å². The number of aromatic amines is 1. The minimum Gasteiger partial charge on any atom is -0.545 e. The van der Waals surface area contributed by atoms with Crippen LogP contribution in [0, 0.1) is 0 Å². The quantitative estimate of drug-likeness (QED) is 0.658. The molecule has 1 heterocycles. The molecule has 5 N–H and O–H groups in total. The van der Waals surface area contributed by atoms with Gasteiger partial charge >= 0.3 is 0 Å². The number of benzene rings is 1.